The number of hydrogen-bond acceptors (Lipinski definition) is 4. The van der Waals surface area contributed by atoms with Crippen LogP contribution < -0.4 is 0 Å². The van der Waals surface area contributed by atoms with Gasteiger partial charge in [0.25, 0.3) is 0 Å². The summed E-state index contributed by atoms with van der Waals surface area (Å²) in [5, 5.41) is 28.9. The molecule has 0 aliphatic heterocycles. The maximum atomic E-state index is 10.8. The van der Waals surface area contributed by atoms with Crippen molar-refractivity contribution in [3.8, 4) is 29.7 Å². The van der Waals surface area contributed by atoms with Crippen molar-refractivity contribution >= 4 is 93.9 Å². The van der Waals surface area contributed by atoms with Crippen molar-refractivity contribution in [1.29, 1.82) is 10.5 Å². The summed E-state index contributed by atoms with van der Waals surface area (Å²) in [6.45, 7) is 0. The standard InChI is InChI=1S/C52H30N4O2/c53-29-31-24-33(26-34(25-31)55-44-19-8-5-16-40(44)50-45(55)23-22-39-37-14-6-10-21-48(37)58-52(39)50)35-17-11-12-32(30-54)51(35)56-43-18-4-2-1-3-13-36(43)41-27-42-38-15-7-9-20-47(38)57-49(42)28-46(41)56/h3,5-17,19-23,25-28,31H,1,18,24H2/b13-3-. The van der Waals surface area contributed by atoms with Gasteiger partial charge >= 0.3 is 0 Å². The summed E-state index contributed by atoms with van der Waals surface area (Å²) < 4.78 is 17.5. The van der Waals surface area contributed by atoms with Gasteiger partial charge in [-0.25, -0.2) is 0 Å². The monoisotopic (exact) mass is 742 g/mol. The van der Waals surface area contributed by atoms with Gasteiger partial charge in [0, 0.05) is 67.3 Å². The Morgan fingerprint density at radius 1 is 0.655 bits per heavy atom. The fraction of sp³-hybridized carbons (Fsp3) is 0.0769. The highest BCUT2D eigenvalue weighted by Gasteiger charge is 2.28. The average Bonchev–Trinajstić information content (AvgIpc) is 3.99. The van der Waals surface area contributed by atoms with E-state index in [0.29, 0.717) is 24.8 Å². The smallest absolute Gasteiger partial charge is 0.145 e. The highest BCUT2D eigenvalue weighted by atomic mass is 16.3. The van der Waals surface area contributed by atoms with E-state index in [1.807, 2.05) is 48.5 Å². The highest BCUT2D eigenvalue weighted by Crippen LogP contribution is 2.45. The van der Waals surface area contributed by atoms with Gasteiger partial charge in [-0.15, -0.1) is 0 Å². The molecule has 0 amide bonds. The molecule has 0 saturated carbocycles. The molecule has 0 bridgehead atoms. The second-order valence-electron chi connectivity index (χ2n) is 15.1. The third-order valence-electron chi connectivity index (χ3n) is 12.0. The molecule has 0 saturated heterocycles. The van der Waals surface area contributed by atoms with Crippen molar-refractivity contribution in [2.24, 2.45) is 5.92 Å². The third-order valence-corrected chi connectivity index (χ3v) is 12.0. The lowest BCUT2D eigenvalue weighted by molar-refractivity contribution is 0.669. The van der Waals surface area contributed by atoms with Crippen LogP contribution in [0.4, 0.5) is 0 Å². The van der Waals surface area contributed by atoms with Crippen LogP contribution in [0.15, 0.2) is 142 Å². The zero-order valence-corrected chi connectivity index (χ0v) is 31.1. The van der Waals surface area contributed by atoms with Crippen LogP contribution >= 0.6 is 0 Å². The summed E-state index contributed by atoms with van der Waals surface area (Å²) in [7, 11) is 0. The van der Waals surface area contributed by atoms with Crippen LogP contribution in [0.25, 0.3) is 99.6 Å². The molecule has 1 unspecified atom stereocenters. The summed E-state index contributed by atoms with van der Waals surface area (Å²) in [6.07, 6.45) is 10.2. The summed E-state index contributed by atoms with van der Waals surface area (Å²) in [5.41, 5.74) is 12.5. The zero-order valence-electron chi connectivity index (χ0n) is 31.1. The fourth-order valence-electron chi connectivity index (χ4n) is 9.50. The van der Waals surface area contributed by atoms with Crippen molar-refractivity contribution in [3.63, 3.8) is 0 Å². The number of allylic oxidation sites excluding steroid dienone is 5. The molecule has 0 N–H and O–H groups in total. The van der Waals surface area contributed by atoms with Crippen LogP contribution in [0.3, 0.4) is 0 Å². The molecule has 12 rings (SSSR count). The minimum atomic E-state index is -0.411. The number of para-hydroxylation sites is 4. The van der Waals surface area contributed by atoms with Crippen LogP contribution in [0.2, 0.25) is 0 Å². The van der Waals surface area contributed by atoms with E-state index in [0.717, 1.165) is 110 Å². The van der Waals surface area contributed by atoms with E-state index in [1.165, 1.54) is 0 Å². The maximum absolute atomic E-state index is 10.8. The SMILES string of the molecule is N#Cc1cccc(C2=CC(n3c4ccccc4c4c5oc6ccccc6c5ccc43)=CC(C#N)C2)c1-n1c2c(c3cc4c(cc31)oc1ccccc14)/C=C\CC#CC2. The zero-order chi connectivity index (χ0) is 38.5. The first-order valence-corrected chi connectivity index (χ1v) is 19.5. The molecule has 6 aromatic carbocycles. The molecule has 6 heteroatoms. The molecule has 0 spiro atoms. The van der Waals surface area contributed by atoms with Crippen LogP contribution in [0.5, 0.6) is 0 Å². The molecule has 2 aliphatic carbocycles. The number of aromatic nitrogens is 2. The Morgan fingerprint density at radius 3 is 2.29 bits per heavy atom. The number of hydrogen-bond donors (Lipinski definition) is 0. The van der Waals surface area contributed by atoms with Crippen molar-refractivity contribution < 1.29 is 8.83 Å². The number of rotatable bonds is 3. The lowest BCUT2D eigenvalue weighted by atomic mass is 9.87. The van der Waals surface area contributed by atoms with E-state index < -0.39 is 5.92 Å². The summed E-state index contributed by atoms with van der Waals surface area (Å²) in [6, 6.07) is 44.4. The Morgan fingerprint density at radius 2 is 1.45 bits per heavy atom. The predicted octanol–water partition coefficient (Wildman–Crippen LogP) is 12.8. The van der Waals surface area contributed by atoms with Crippen LogP contribution in [0.1, 0.15) is 35.2 Å². The molecule has 10 aromatic rings. The molecule has 0 radical (unpaired) electrons. The summed E-state index contributed by atoms with van der Waals surface area (Å²) in [5.74, 6) is 6.29. The number of furan rings is 2. The van der Waals surface area contributed by atoms with Gasteiger partial charge in [-0.3, -0.25) is 0 Å². The predicted molar refractivity (Wildman–Crippen MR) is 233 cm³/mol. The number of fused-ring (bicyclic) bond motifs is 13. The van der Waals surface area contributed by atoms with Gasteiger partial charge in [0.2, 0.25) is 0 Å². The van der Waals surface area contributed by atoms with Gasteiger partial charge < -0.3 is 18.0 Å². The van der Waals surface area contributed by atoms with Crippen LogP contribution in [-0.2, 0) is 6.42 Å². The molecule has 58 heavy (non-hydrogen) atoms. The lowest BCUT2D eigenvalue weighted by Crippen LogP contribution is -2.11. The molecule has 0 fully saturated rings. The Labute approximate surface area is 332 Å². The first kappa shape index (κ1) is 32.3. The third kappa shape index (κ3) is 4.53. The Balaban J connectivity index is 1.13. The highest BCUT2D eigenvalue weighted by molar-refractivity contribution is 6.24. The average molecular weight is 743 g/mol. The molecule has 6 nitrogen and oxygen atoms in total. The quantitative estimate of drug-likeness (QED) is 0.169. The number of nitrogens with zero attached hydrogens (tertiary/aromatic N) is 4. The van der Waals surface area contributed by atoms with Gasteiger partial charge in [-0.05, 0) is 66.6 Å². The Hall–Kier alpha value is -7.98. The van der Waals surface area contributed by atoms with E-state index in [-0.39, 0.29) is 0 Å². The Kier molecular flexibility index (Phi) is 6.82. The number of nitriles is 2. The van der Waals surface area contributed by atoms with E-state index in [2.05, 4.69) is 124 Å². The van der Waals surface area contributed by atoms with Gasteiger partial charge in [0.05, 0.1) is 51.6 Å². The van der Waals surface area contributed by atoms with Crippen LogP contribution in [-0.4, -0.2) is 9.13 Å². The van der Waals surface area contributed by atoms with Gasteiger partial charge in [0.1, 0.15) is 28.4 Å². The summed E-state index contributed by atoms with van der Waals surface area (Å²) >= 11 is 0. The second kappa shape index (κ2) is 12.3. The van der Waals surface area contributed by atoms with Gasteiger partial charge in [-0.2, -0.15) is 10.5 Å². The van der Waals surface area contributed by atoms with Gasteiger partial charge in [0.15, 0.2) is 0 Å². The van der Waals surface area contributed by atoms with Gasteiger partial charge in [-0.1, -0.05) is 90.7 Å². The minimum absolute atomic E-state index is 0.411. The summed E-state index contributed by atoms with van der Waals surface area (Å²) in [4.78, 5) is 0. The van der Waals surface area contributed by atoms with E-state index in [4.69, 9.17) is 8.83 Å². The first-order valence-electron chi connectivity index (χ1n) is 19.5. The Bertz CT molecular complexity index is 3700. The van der Waals surface area contributed by atoms with E-state index in [1.54, 1.807) is 0 Å². The lowest BCUT2D eigenvalue weighted by Gasteiger charge is -2.23. The topological polar surface area (TPSA) is 83.7 Å². The first-order chi connectivity index (χ1) is 28.7. The molecular weight excluding hydrogens is 713 g/mol. The van der Waals surface area contributed by atoms with Crippen molar-refractivity contribution in [1.82, 2.24) is 9.13 Å². The normalized spacial score (nSPS) is 15.9. The molecular formula is C52H30N4O2. The fourth-order valence-corrected chi connectivity index (χ4v) is 9.50. The second-order valence-corrected chi connectivity index (χ2v) is 15.1. The van der Waals surface area contributed by atoms with E-state index >= 15 is 0 Å². The number of benzene rings is 6. The largest absolute Gasteiger partial charge is 0.456 e. The molecule has 270 valence electrons. The molecule has 2 aliphatic rings. The molecule has 4 aromatic heterocycles. The molecule has 4 heterocycles. The molecule has 1 atom stereocenters. The van der Waals surface area contributed by atoms with Crippen molar-refractivity contribution in [2.45, 2.75) is 19.3 Å². The minimum Gasteiger partial charge on any atom is -0.456 e. The maximum Gasteiger partial charge on any atom is 0.145 e. The van der Waals surface area contributed by atoms with Crippen molar-refractivity contribution in [2.75, 3.05) is 0 Å². The van der Waals surface area contributed by atoms with Crippen molar-refractivity contribution in [3.05, 3.63) is 156 Å². The van der Waals surface area contributed by atoms with E-state index in [9.17, 15) is 10.5 Å². The van der Waals surface area contributed by atoms with Crippen LogP contribution in [0, 0.1) is 40.4 Å².